The monoisotopic (exact) mass is 292 g/mol. The van der Waals surface area contributed by atoms with Crippen molar-refractivity contribution in [2.75, 3.05) is 6.54 Å². The number of pyridine rings is 1. The van der Waals surface area contributed by atoms with Crippen molar-refractivity contribution in [3.05, 3.63) is 70.4 Å². The van der Waals surface area contributed by atoms with Crippen molar-refractivity contribution in [3.63, 3.8) is 0 Å². The topological polar surface area (TPSA) is 62.0 Å². The summed E-state index contributed by atoms with van der Waals surface area (Å²) < 4.78 is 0. The molecule has 0 bridgehead atoms. The van der Waals surface area contributed by atoms with E-state index in [-0.39, 0.29) is 11.3 Å². The van der Waals surface area contributed by atoms with E-state index in [9.17, 15) is 9.59 Å². The summed E-state index contributed by atoms with van der Waals surface area (Å²) in [4.78, 5) is 27.5. The molecule has 3 rings (SSSR count). The summed E-state index contributed by atoms with van der Waals surface area (Å²) in [6.07, 6.45) is 0. The van der Waals surface area contributed by atoms with Crippen LogP contribution >= 0.6 is 0 Å². The Labute approximate surface area is 127 Å². The fourth-order valence-electron chi connectivity index (χ4n) is 2.42. The van der Waals surface area contributed by atoms with Crippen LogP contribution < -0.4 is 10.7 Å². The smallest absolute Gasteiger partial charge is 0.251 e. The van der Waals surface area contributed by atoms with Crippen molar-refractivity contribution < 1.29 is 4.79 Å². The number of carbonyl (C=O) groups excluding carboxylic acids is 1. The minimum atomic E-state index is -0.170. The Balaban J connectivity index is 2.11. The minimum absolute atomic E-state index is 0.0984. The normalized spacial score (nSPS) is 10.6. The number of nitrogens with one attached hydrogen (secondary N) is 2. The van der Waals surface area contributed by atoms with Crippen LogP contribution in [0, 0.1) is 0 Å². The van der Waals surface area contributed by atoms with Crippen LogP contribution in [0.15, 0.2) is 59.4 Å². The van der Waals surface area contributed by atoms with Crippen LogP contribution in [0.3, 0.4) is 0 Å². The van der Waals surface area contributed by atoms with Crippen molar-refractivity contribution in [1.82, 2.24) is 10.3 Å². The van der Waals surface area contributed by atoms with Gasteiger partial charge in [-0.05, 0) is 30.7 Å². The number of rotatable bonds is 3. The number of hydrogen-bond acceptors (Lipinski definition) is 2. The van der Waals surface area contributed by atoms with E-state index in [1.54, 1.807) is 24.3 Å². The van der Waals surface area contributed by atoms with E-state index in [1.807, 2.05) is 37.3 Å². The number of aromatic amines is 1. The van der Waals surface area contributed by atoms with Crippen LogP contribution in [-0.2, 0) is 0 Å². The quantitative estimate of drug-likeness (QED) is 0.779. The molecule has 4 nitrogen and oxygen atoms in total. The second-order valence-electron chi connectivity index (χ2n) is 5.03. The van der Waals surface area contributed by atoms with Gasteiger partial charge in [0.25, 0.3) is 5.91 Å². The Morgan fingerprint density at radius 3 is 2.59 bits per heavy atom. The van der Waals surface area contributed by atoms with Gasteiger partial charge in [-0.3, -0.25) is 9.59 Å². The highest BCUT2D eigenvalue weighted by atomic mass is 16.1. The summed E-state index contributed by atoms with van der Waals surface area (Å²) >= 11 is 0. The maximum atomic E-state index is 12.4. The van der Waals surface area contributed by atoms with Crippen LogP contribution in [-0.4, -0.2) is 17.4 Å². The molecule has 110 valence electrons. The number of H-pyrrole nitrogens is 1. The Hall–Kier alpha value is -2.88. The molecule has 0 aliphatic carbocycles. The van der Waals surface area contributed by atoms with Crippen LogP contribution in [0.25, 0.3) is 22.2 Å². The average molecular weight is 292 g/mol. The average Bonchev–Trinajstić information content (AvgIpc) is 2.55. The van der Waals surface area contributed by atoms with E-state index in [2.05, 4.69) is 10.3 Å². The molecule has 0 saturated heterocycles. The van der Waals surface area contributed by atoms with E-state index in [0.717, 1.165) is 16.8 Å². The molecule has 0 aliphatic heterocycles. The maximum Gasteiger partial charge on any atom is 0.251 e. The van der Waals surface area contributed by atoms with E-state index in [4.69, 9.17) is 0 Å². The molecule has 0 atom stereocenters. The first-order valence-corrected chi connectivity index (χ1v) is 7.19. The van der Waals surface area contributed by atoms with E-state index in [0.29, 0.717) is 17.5 Å². The van der Waals surface area contributed by atoms with Crippen molar-refractivity contribution >= 4 is 16.8 Å². The zero-order chi connectivity index (χ0) is 15.5. The molecule has 0 saturated carbocycles. The lowest BCUT2D eigenvalue weighted by atomic mass is 10.1. The number of amides is 1. The van der Waals surface area contributed by atoms with Gasteiger partial charge in [0.15, 0.2) is 5.43 Å². The molecule has 0 radical (unpaired) electrons. The van der Waals surface area contributed by atoms with Gasteiger partial charge < -0.3 is 10.3 Å². The second kappa shape index (κ2) is 5.85. The molecule has 0 unspecified atom stereocenters. The van der Waals surface area contributed by atoms with Crippen LogP contribution in [0.1, 0.15) is 17.3 Å². The lowest BCUT2D eigenvalue weighted by molar-refractivity contribution is 0.0956. The Morgan fingerprint density at radius 1 is 1.09 bits per heavy atom. The van der Waals surface area contributed by atoms with Crippen LogP contribution in [0.2, 0.25) is 0 Å². The largest absolute Gasteiger partial charge is 0.354 e. The number of aromatic nitrogens is 1. The number of benzene rings is 2. The summed E-state index contributed by atoms with van der Waals surface area (Å²) in [5, 5.41) is 3.25. The van der Waals surface area contributed by atoms with Gasteiger partial charge in [0.2, 0.25) is 0 Å². The summed E-state index contributed by atoms with van der Waals surface area (Å²) in [6.45, 7) is 2.41. The molecule has 22 heavy (non-hydrogen) atoms. The Bertz CT molecular complexity index is 882. The lowest BCUT2D eigenvalue weighted by Gasteiger charge is -2.07. The fraction of sp³-hybridized carbons (Fsp3) is 0.111. The molecule has 0 spiro atoms. The second-order valence-corrected chi connectivity index (χ2v) is 5.03. The SMILES string of the molecule is CCNC(=O)c1ccc2[nH]c(-c3ccccc3)cc(=O)c2c1. The van der Waals surface area contributed by atoms with Gasteiger partial charge in [0.1, 0.15) is 0 Å². The Morgan fingerprint density at radius 2 is 1.86 bits per heavy atom. The van der Waals surface area contributed by atoms with E-state index < -0.39 is 0 Å². The highest BCUT2D eigenvalue weighted by Crippen LogP contribution is 2.18. The van der Waals surface area contributed by atoms with Crippen molar-refractivity contribution in [1.29, 1.82) is 0 Å². The third-order valence-electron chi connectivity index (χ3n) is 3.51. The van der Waals surface area contributed by atoms with E-state index >= 15 is 0 Å². The summed E-state index contributed by atoms with van der Waals surface area (Å²) in [7, 11) is 0. The zero-order valence-electron chi connectivity index (χ0n) is 12.2. The third-order valence-corrected chi connectivity index (χ3v) is 3.51. The predicted octanol–water partition coefficient (Wildman–Crippen LogP) is 2.94. The summed E-state index contributed by atoms with van der Waals surface area (Å²) in [6, 6.07) is 16.4. The standard InChI is InChI=1S/C18H16N2O2/c1-2-19-18(22)13-8-9-15-14(10-13)17(21)11-16(20-15)12-6-4-3-5-7-12/h3-11H,2H2,1H3,(H,19,22)(H,20,21). The highest BCUT2D eigenvalue weighted by Gasteiger charge is 2.08. The highest BCUT2D eigenvalue weighted by molar-refractivity contribution is 5.98. The number of carbonyl (C=O) groups is 1. The molecule has 0 fully saturated rings. The van der Waals surface area contributed by atoms with Gasteiger partial charge >= 0.3 is 0 Å². The van der Waals surface area contributed by atoms with Gasteiger partial charge in [-0.15, -0.1) is 0 Å². The molecule has 2 N–H and O–H groups in total. The van der Waals surface area contributed by atoms with Gasteiger partial charge in [-0.1, -0.05) is 30.3 Å². The third kappa shape index (κ3) is 2.63. The molecule has 1 heterocycles. The molecule has 1 aromatic heterocycles. The van der Waals surface area contributed by atoms with Crippen LogP contribution in [0.4, 0.5) is 0 Å². The molecule has 1 amide bonds. The predicted molar refractivity (Wildman–Crippen MR) is 88.0 cm³/mol. The molecule has 4 heteroatoms. The van der Waals surface area contributed by atoms with Gasteiger partial charge in [0, 0.05) is 34.8 Å². The fourth-order valence-corrected chi connectivity index (χ4v) is 2.42. The Kier molecular flexibility index (Phi) is 3.74. The maximum absolute atomic E-state index is 12.4. The van der Waals surface area contributed by atoms with E-state index in [1.165, 1.54) is 0 Å². The molecule has 3 aromatic rings. The first kappa shape index (κ1) is 14.1. The minimum Gasteiger partial charge on any atom is -0.354 e. The van der Waals surface area contributed by atoms with Crippen molar-refractivity contribution in [2.45, 2.75) is 6.92 Å². The number of hydrogen-bond donors (Lipinski definition) is 2. The number of fused-ring (bicyclic) bond motifs is 1. The first-order valence-electron chi connectivity index (χ1n) is 7.19. The van der Waals surface area contributed by atoms with Gasteiger partial charge in [-0.25, -0.2) is 0 Å². The van der Waals surface area contributed by atoms with Crippen molar-refractivity contribution in [3.8, 4) is 11.3 Å². The summed E-state index contributed by atoms with van der Waals surface area (Å²) in [5.74, 6) is -0.170. The van der Waals surface area contributed by atoms with Crippen LogP contribution in [0.5, 0.6) is 0 Å². The molecular formula is C18H16N2O2. The molecule has 0 aliphatic rings. The van der Waals surface area contributed by atoms with Crippen molar-refractivity contribution in [2.24, 2.45) is 0 Å². The first-order chi connectivity index (χ1) is 10.7. The zero-order valence-corrected chi connectivity index (χ0v) is 12.2. The molecular weight excluding hydrogens is 276 g/mol. The summed E-state index contributed by atoms with van der Waals surface area (Å²) in [5.41, 5.74) is 2.84. The van der Waals surface area contributed by atoms with Gasteiger partial charge in [0.05, 0.1) is 0 Å². The van der Waals surface area contributed by atoms with Gasteiger partial charge in [-0.2, -0.15) is 0 Å². The molecule has 2 aromatic carbocycles. The lowest BCUT2D eigenvalue weighted by Crippen LogP contribution is -2.22.